The molecule has 6 N–H and O–H groups in total. The second-order valence-corrected chi connectivity index (χ2v) is 6.82. The standard InChI is InChI=1S/C16H27NO11/c1-5-8(17-6(2)19)12(9(20)7(4-18)26-5)27-16-11(22)10(21)13(25-3)14(28-16)15(23)24/h5,7-14,16,18,20-22H,4H2,1-3H3,(H,17,19)(H,23,24)/t5-,7?,8+,9+,10+,11?,12?,13-,14?,16+/m0/s1. The molecule has 2 rings (SSSR count). The highest BCUT2D eigenvalue weighted by atomic mass is 16.7. The van der Waals surface area contributed by atoms with Gasteiger partial charge in [0, 0.05) is 14.0 Å². The van der Waals surface area contributed by atoms with Crippen molar-refractivity contribution in [3.05, 3.63) is 0 Å². The lowest BCUT2D eigenvalue weighted by atomic mass is 9.92. The van der Waals surface area contributed by atoms with E-state index in [1.807, 2.05) is 0 Å². The molecular weight excluding hydrogens is 382 g/mol. The summed E-state index contributed by atoms with van der Waals surface area (Å²) in [7, 11) is 1.16. The van der Waals surface area contributed by atoms with Crippen LogP contribution in [0.25, 0.3) is 0 Å². The van der Waals surface area contributed by atoms with E-state index in [0.717, 1.165) is 7.11 Å². The van der Waals surface area contributed by atoms with Gasteiger partial charge in [-0.15, -0.1) is 0 Å². The molecule has 162 valence electrons. The predicted molar refractivity (Wildman–Crippen MR) is 89.0 cm³/mol. The Kier molecular flexibility index (Phi) is 7.70. The molecule has 1 amide bonds. The first-order chi connectivity index (χ1) is 13.1. The van der Waals surface area contributed by atoms with E-state index in [2.05, 4.69) is 5.32 Å². The number of aliphatic hydroxyl groups is 4. The summed E-state index contributed by atoms with van der Waals surface area (Å²) in [6, 6.07) is -0.897. The first kappa shape index (κ1) is 22.9. The fourth-order valence-corrected chi connectivity index (χ4v) is 3.45. The monoisotopic (exact) mass is 409 g/mol. The molecule has 0 radical (unpaired) electrons. The van der Waals surface area contributed by atoms with Crippen LogP contribution in [0.4, 0.5) is 0 Å². The van der Waals surface area contributed by atoms with Crippen LogP contribution in [0.1, 0.15) is 13.8 Å². The van der Waals surface area contributed by atoms with Crippen molar-refractivity contribution in [1.29, 1.82) is 0 Å². The number of aliphatic carboxylic acids is 1. The maximum Gasteiger partial charge on any atom is 0.335 e. The molecule has 4 unspecified atom stereocenters. The highest BCUT2D eigenvalue weighted by Gasteiger charge is 2.52. The van der Waals surface area contributed by atoms with Gasteiger partial charge in [-0.3, -0.25) is 4.79 Å². The lowest BCUT2D eigenvalue weighted by Crippen LogP contribution is -2.67. The summed E-state index contributed by atoms with van der Waals surface area (Å²) in [6.45, 7) is 2.28. The molecule has 2 saturated heterocycles. The molecule has 0 aromatic carbocycles. The van der Waals surface area contributed by atoms with Crippen molar-refractivity contribution in [2.75, 3.05) is 13.7 Å². The Labute approximate surface area is 160 Å². The van der Waals surface area contributed by atoms with Crippen LogP contribution in [0.2, 0.25) is 0 Å². The third-order valence-electron chi connectivity index (χ3n) is 4.87. The van der Waals surface area contributed by atoms with Crippen molar-refractivity contribution in [1.82, 2.24) is 5.32 Å². The Morgan fingerprint density at radius 2 is 1.71 bits per heavy atom. The van der Waals surface area contributed by atoms with Crippen molar-refractivity contribution in [2.24, 2.45) is 0 Å². The van der Waals surface area contributed by atoms with Gasteiger partial charge in [0.05, 0.1) is 18.8 Å². The summed E-state index contributed by atoms with van der Waals surface area (Å²) >= 11 is 0. The van der Waals surface area contributed by atoms with Gasteiger partial charge in [0.1, 0.15) is 36.6 Å². The lowest BCUT2D eigenvalue weighted by Gasteiger charge is -2.47. The van der Waals surface area contributed by atoms with E-state index in [4.69, 9.17) is 18.9 Å². The van der Waals surface area contributed by atoms with Crippen LogP contribution < -0.4 is 5.32 Å². The quantitative estimate of drug-likeness (QED) is 0.256. The van der Waals surface area contributed by atoms with Crippen LogP contribution >= 0.6 is 0 Å². The number of ether oxygens (including phenoxy) is 4. The molecule has 0 aliphatic carbocycles. The maximum absolute atomic E-state index is 11.5. The Hall–Kier alpha value is -1.38. The van der Waals surface area contributed by atoms with Gasteiger partial charge in [-0.2, -0.15) is 0 Å². The van der Waals surface area contributed by atoms with Crippen molar-refractivity contribution < 1.29 is 54.1 Å². The van der Waals surface area contributed by atoms with Crippen molar-refractivity contribution in [3.8, 4) is 0 Å². The fourth-order valence-electron chi connectivity index (χ4n) is 3.45. The summed E-state index contributed by atoms with van der Waals surface area (Å²) in [6.07, 6.45) is -12.4. The van der Waals surface area contributed by atoms with Crippen molar-refractivity contribution >= 4 is 11.9 Å². The topological polar surface area (TPSA) is 184 Å². The second-order valence-electron chi connectivity index (χ2n) is 6.82. The molecule has 0 bridgehead atoms. The first-order valence-electron chi connectivity index (χ1n) is 8.76. The summed E-state index contributed by atoms with van der Waals surface area (Å²) < 4.78 is 21.2. The summed E-state index contributed by atoms with van der Waals surface area (Å²) in [4.78, 5) is 23.0. The van der Waals surface area contributed by atoms with Crippen LogP contribution in [-0.2, 0) is 28.5 Å². The molecule has 2 aliphatic heterocycles. The number of rotatable bonds is 6. The molecule has 2 fully saturated rings. The number of methoxy groups -OCH3 is 1. The number of carboxylic acid groups (broad SMARTS) is 1. The van der Waals surface area contributed by atoms with Crippen molar-refractivity contribution in [3.63, 3.8) is 0 Å². The van der Waals surface area contributed by atoms with E-state index in [-0.39, 0.29) is 0 Å². The smallest absolute Gasteiger partial charge is 0.335 e. The van der Waals surface area contributed by atoms with E-state index >= 15 is 0 Å². The number of carbonyl (C=O) groups is 2. The molecule has 0 aromatic heterocycles. The zero-order valence-electron chi connectivity index (χ0n) is 15.7. The van der Waals surface area contributed by atoms with E-state index < -0.39 is 79.6 Å². The Morgan fingerprint density at radius 3 is 2.21 bits per heavy atom. The zero-order chi connectivity index (χ0) is 21.2. The average molecular weight is 409 g/mol. The molecule has 12 heteroatoms. The number of hydrogen-bond donors (Lipinski definition) is 6. The van der Waals surface area contributed by atoms with E-state index in [9.17, 15) is 35.1 Å². The van der Waals surface area contributed by atoms with Gasteiger partial charge < -0.3 is 49.8 Å². The molecule has 0 aromatic rings. The molecule has 0 saturated carbocycles. The molecule has 2 heterocycles. The minimum absolute atomic E-state index is 0.447. The molecule has 10 atom stereocenters. The minimum atomic E-state index is -1.70. The highest BCUT2D eigenvalue weighted by molar-refractivity contribution is 5.73. The third-order valence-corrected chi connectivity index (χ3v) is 4.87. The molecular formula is C16H27NO11. The van der Waals surface area contributed by atoms with E-state index in [0.29, 0.717) is 0 Å². The number of amides is 1. The van der Waals surface area contributed by atoms with Gasteiger partial charge in [-0.25, -0.2) is 4.79 Å². The van der Waals surface area contributed by atoms with Gasteiger partial charge in [-0.05, 0) is 6.92 Å². The van der Waals surface area contributed by atoms with Gasteiger partial charge in [0.25, 0.3) is 0 Å². The van der Waals surface area contributed by atoms with Crippen molar-refractivity contribution in [2.45, 2.75) is 75.0 Å². The number of aliphatic hydroxyl groups excluding tert-OH is 4. The number of nitrogens with one attached hydrogen (secondary N) is 1. The first-order valence-corrected chi connectivity index (χ1v) is 8.76. The van der Waals surface area contributed by atoms with Gasteiger partial charge in [0.2, 0.25) is 5.91 Å². The SMILES string of the molecule is CO[C@@H]1C(C(=O)O)O[C@@H](OC2[C@H](O)C(CO)O[C@@H](C)[C@H]2NC(C)=O)C(O)[C@H]1O. The molecule has 28 heavy (non-hydrogen) atoms. The fraction of sp³-hybridized carbons (Fsp3) is 0.875. The van der Waals surface area contributed by atoms with Crippen LogP contribution in [0.3, 0.4) is 0 Å². The van der Waals surface area contributed by atoms with Crippen LogP contribution in [0.5, 0.6) is 0 Å². The highest BCUT2D eigenvalue weighted by Crippen LogP contribution is 2.30. The molecule has 2 aliphatic rings. The lowest BCUT2D eigenvalue weighted by molar-refractivity contribution is -0.327. The molecule has 12 nitrogen and oxygen atoms in total. The average Bonchev–Trinajstić information content (AvgIpc) is 2.63. The van der Waals surface area contributed by atoms with E-state index in [1.54, 1.807) is 6.92 Å². The second kappa shape index (κ2) is 9.41. The van der Waals surface area contributed by atoms with Crippen LogP contribution in [0.15, 0.2) is 0 Å². The Bertz CT molecular complexity index is 561. The molecule has 0 spiro atoms. The minimum Gasteiger partial charge on any atom is -0.479 e. The Morgan fingerprint density at radius 1 is 1.07 bits per heavy atom. The van der Waals surface area contributed by atoms with Crippen LogP contribution in [0, 0.1) is 0 Å². The Balaban J connectivity index is 2.26. The number of hydrogen-bond acceptors (Lipinski definition) is 10. The van der Waals surface area contributed by atoms with Gasteiger partial charge >= 0.3 is 5.97 Å². The number of carbonyl (C=O) groups excluding carboxylic acids is 1. The maximum atomic E-state index is 11.5. The predicted octanol–water partition coefficient (Wildman–Crippen LogP) is -3.44. The van der Waals surface area contributed by atoms with Crippen LogP contribution in [-0.4, -0.2) is 112 Å². The summed E-state index contributed by atoms with van der Waals surface area (Å²) in [5, 5.41) is 52.2. The zero-order valence-corrected chi connectivity index (χ0v) is 15.7. The summed E-state index contributed by atoms with van der Waals surface area (Å²) in [5.41, 5.74) is 0. The number of carboxylic acids is 1. The van der Waals surface area contributed by atoms with E-state index in [1.165, 1.54) is 6.92 Å². The third kappa shape index (κ3) is 4.60. The summed E-state index contributed by atoms with van der Waals surface area (Å²) in [5.74, 6) is -1.89. The van der Waals surface area contributed by atoms with Gasteiger partial charge in [-0.1, -0.05) is 0 Å². The normalized spacial score (nSPS) is 44.1. The largest absolute Gasteiger partial charge is 0.479 e. The van der Waals surface area contributed by atoms with Gasteiger partial charge in [0.15, 0.2) is 12.4 Å².